The Morgan fingerprint density at radius 2 is 1.93 bits per heavy atom. The molecular weight excluding hydrogens is 388 g/mol. The van der Waals surface area contributed by atoms with Crippen LogP contribution in [-0.2, 0) is 5.75 Å². The maximum Gasteiger partial charge on any atom is 0.257 e. The number of thiazole rings is 1. The summed E-state index contributed by atoms with van der Waals surface area (Å²) in [6, 6.07) is 15.6. The van der Waals surface area contributed by atoms with E-state index in [1.54, 1.807) is 0 Å². The predicted molar refractivity (Wildman–Crippen MR) is 120 cm³/mol. The Hall–Kier alpha value is -2.31. The van der Waals surface area contributed by atoms with Gasteiger partial charge in [0.2, 0.25) is 0 Å². The van der Waals surface area contributed by atoms with Gasteiger partial charge in [-0.05, 0) is 48.9 Å². The summed E-state index contributed by atoms with van der Waals surface area (Å²) in [6.07, 6.45) is 1.18. The van der Waals surface area contributed by atoms with Crippen molar-refractivity contribution < 1.29 is 9.53 Å². The summed E-state index contributed by atoms with van der Waals surface area (Å²) < 4.78 is 5.67. The molecule has 3 rings (SSSR count). The van der Waals surface area contributed by atoms with Crippen LogP contribution < -0.4 is 10.1 Å². The summed E-state index contributed by atoms with van der Waals surface area (Å²) in [5.41, 5.74) is 3.59. The molecular formula is C22H24N2O2S2. The Kier molecular flexibility index (Phi) is 7.51. The van der Waals surface area contributed by atoms with Crippen molar-refractivity contribution in [1.29, 1.82) is 0 Å². The first-order valence-electron chi connectivity index (χ1n) is 9.37. The van der Waals surface area contributed by atoms with Gasteiger partial charge in [-0.3, -0.25) is 10.1 Å². The van der Waals surface area contributed by atoms with E-state index in [0.29, 0.717) is 17.3 Å². The van der Waals surface area contributed by atoms with Crippen molar-refractivity contribution in [1.82, 2.24) is 4.98 Å². The molecule has 1 heterocycles. The fourth-order valence-electron chi connectivity index (χ4n) is 2.67. The van der Waals surface area contributed by atoms with Gasteiger partial charge in [-0.1, -0.05) is 31.2 Å². The molecule has 1 amide bonds. The van der Waals surface area contributed by atoms with Crippen LogP contribution in [0.25, 0.3) is 11.3 Å². The number of carbonyl (C=O) groups is 1. The first kappa shape index (κ1) is 20.4. The zero-order valence-electron chi connectivity index (χ0n) is 16.1. The number of rotatable bonds is 9. The van der Waals surface area contributed by atoms with Crippen LogP contribution >= 0.6 is 23.1 Å². The minimum Gasteiger partial charge on any atom is -0.493 e. The highest BCUT2D eigenvalue weighted by atomic mass is 32.2. The SMILES string of the molecule is CCCSCc1ccc(C(=O)Nc2nc(-c3ccccc3OCC)cs2)cc1. The van der Waals surface area contributed by atoms with E-state index in [1.807, 2.05) is 72.6 Å². The number of nitrogens with zero attached hydrogens (tertiary/aromatic N) is 1. The maximum absolute atomic E-state index is 12.5. The van der Waals surface area contributed by atoms with Crippen LogP contribution in [0.15, 0.2) is 53.9 Å². The molecule has 1 aromatic heterocycles. The van der Waals surface area contributed by atoms with Gasteiger partial charge in [-0.15, -0.1) is 11.3 Å². The largest absolute Gasteiger partial charge is 0.493 e. The number of nitrogens with one attached hydrogen (secondary N) is 1. The normalized spacial score (nSPS) is 10.6. The second kappa shape index (κ2) is 10.3. The number of amides is 1. The average Bonchev–Trinajstić information content (AvgIpc) is 3.17. The lowest BCUT2D eigenvalue weighted by Gasteiger charge is -2.07. The van der Waals surface area contributed by atoms with E-state index >= 15 is 0 Å². The summed E-state index contributed by atoms with van der Waals surface area (Å²) in [6.45, 7) is 4.73. The minimum absolute atomic E-state index is 0.147. The monoisotopic (exact) mass is 412 g/mol. The first-order valence-corrected chi connectivity index (χ1v) is 11.4. The summed E-state index contributed by atoms with van der Waals surface area (Å²) in [5, 5.41) is 5.40. The number of hydrogen-bond acceptors (Lipinski definition) is 5. The number of anilines is 1. The lowest BCUT2D eigenvalue weighted by molar-refractivity contribution is 0.102. The highest BCUT2D eigenvalue weighted by molar-refractivity contribution is 7.98. The molecule has 146 valence electrons. The van der Waals surface area contributed by atoms with Gasteiger partial charge in [0.25, 0.3) is 5.91 Å². The van der Waals surface area contributed by atoms with Crippen LogP contribution in [0.2, 0.25) is 0 Å². The number of benzene rings is 2. The van der Waals surface area contributed by atoms with Crippen LogP contribution in [0, 0.1) is 0 Å². The molecule has 0 aliphatic heterocycles. The van der Waals surface area contributed by atoms with Crippen molar-refractivity contribution in [2.24, 2.45) is 0 Å². The van der Waals surface area contributed by atoms with E-state index in [0.717, 1.165) is 28.5 Å². The van der Waals surface area contributed by atoms with Crippen molar-refractivity contribution in [3.63, 3.8) is 0 Å². The number of thioether (sulfide) groups is 1. The Morgan fingerprint density at radius 3 is 2.68 bits per heavy atom. The molecule has 0 saturated carbocycles. The lowest BCUT2D eigenvalue weighted by atomic mass is 10.1. The number of para-hydroxylation sites is 1. The third-order valence-corrected chi connectivity index (χ3v) is 6.01. The van der Waals surface area contributed by atoms with E-state index in [1.165, 1.54) is 23.3 Å². The van der Waals surface area contributed by atoms with Gasteiger partial charge in [0.1, 0.15) is 5.75 Å². The first-order chi connectivity index (χ1) is 13.7. The van der Waals surface area contributed by atoms with E-state index in [4.69, 9.17) is 4.74 Å². The van der Waals surface area contributed by atoms with Gasteiger partial charge in [0.05, 0.1) is 12.3 Å². The number of ether oxygens (including phenoxy) is 1. The Balaban J connectivity index is 1.66. The third kappa shape index (κ3) is 5.36. The summed E-state index contributed by atoms with van der Waals surface area (Å²) in [7, 11) is 0. The molecule has 28 heavy (non-hydrogen) atoms. The quantitative estimate of drug-likeness (QED) is 0.431. The van der Waals surface area contributed by atoms with E-state index in [-0.39, 0.29) is 5.91 Å². The van der Waals surface area contributed by atoms with Crippen molar-refractivity contribution in [3.8, 4) is 17.0 Å². The van der Waals surface area contributed by atoms with Gasteiger partial charge in [-0.2, -0.15) is 11.8 Å². The predicted octanol–water partition coefficient (Wildman–Crippen LogP) is 6.10. The molecule has 4 nitrogen and oxygen atoms in total. The van der Waals surface area contributed by atoms with Crippen LogP contribution in [0.1, 0.15) is 36.2 Å². The molecule has 0 spiro atoms. The molecule has 6 heteroatoms. The highest BCUT2D eigenvalue weighted by Crippen LogP contribution is 2.32. The smallest absolute Gasteiger partial charge is 0.257 e. The Bertz CT molecular complexity index is 907. The molecule has 2 aromatic carbocycles. The van der Waals surface area contributed by atoms with E-state index in [2.05, 4.69) is 17.2 Å². The van der Waals surface area contributed by atoms with Crippen LogP contribution in [-0.4, -0.2) is 23.3 Å². The standard InChI is InChI=1S/C22H24N2O2S2/c1-3-13-27-14-16-9-11-17(12-10-16)21(25)24-22-23-19(15-28-22)18-7-5-6-8-20(18)26-4-2/h5-12,15H,3-4,13-14H2,1-2H3,(H,23,24,25). The number of carbonyl (C=O) groups excluding carboxylic acids is 1. The van der Waals surface area contributed by atoms with Crippen molar-refractivity contribution in [3.05, 3.63) is 65.0 Å². The van der Waals surface area contributed by atoms with Crippen LogP contribution in [0.4, 0.5) is 5.13 Å². The van der Waals surface area contributed by atoms with Crippen molar-refractivity contribution in [2.75, 3.05) is 17.7 Å². The zero-order valence-corrected chi connectivity index (χ0v) is 17.7. The lowest BCUT2D eigenvalue weighted by Crippen LogP contribution is -2.11. The van der Waals surface area contributed by atoms with Crippen LogP contribution in [0.3, 0.4) is 0 Å². The molecule has 0 aliphatic rings. The van der Waals surface area contributed by atoms with E-state index < -0.39 is 0 Å². The van der Waals surface area contributed by atoms with Gasteiger partial charge in [0, 0.05) is 22.3 Å². The summed E-state index contributed by atoms with van der Waals surface area (Å²) in [5.74, 6) is 2.78. The fourth-order valence-corrected chi connectivity index (χ4v) is 4.24. The zero-order chi connectivity index (χ0) is 19.8. The topological polar surface area (TPSA) is 51.2 Å². The summed E-state index contributed by atoms with van der Waals surface area (Å²) >= 11 is 3.32. The molecule has 0 unspecified atom stereocenters. The maximum atomic E-state index is 12.5. The van der Waals surface area contributed by atoms with Gasteiger partial charge in [-0.25, -0.2) is 4.98 Å². The fraction of sp³-hybridized carbons (Fsp3) is 0.273. The molecule has 0 saturated heterocycles. The average molecular weight is 413 g/mol. The number of aromatic nitrogens is 1. The highest BCUT2D eigenvalue weighted by Gasteiger charge is 2.12. The molecule has 0 fully saturated rings. The Labute approximate surface area is 174 Å². The van der Waals surface area contributed by atoms with Crippen LogP contribution in [0.5, 0.6) is 5.75 Å². The molecule has 3 aromatic rings. The van der Waals surface area contributed by atoms with Gasteiger partial charge in [0.15, 0.2) is 5.13 Å². The molecule has 1 N–H and O–H groups in total. The van der Waals surface area contributed by atoms with E-state index in [9.17, 15) is 4.79 Å². The number of hydrogen-bond donors (Lipinski definition) is 1. The van der Waals surface area contributed by atoms with Crippen molar-refractivity contribution >= 4 is 34.1 Å². The minimum atomic E-state index is -0.147. The van der Waals surface area contributed by atoms with Gasteiger partial charge < -0.3 is 4.74 Å². The van der Waals surface area contributed by atoms with Crippen molar-refractivity contribution in [2.45, 2.75) is 26.0 Å². The van der Waals surface area contributed by atoms with Gasteiger partial charge >= 0.3 is 0 Å². The second-order valence-corrected chi connectivity index (χ2v) is 8.13. The molecule has 0 atom stereocenters. The Morgan fingerprint density at radius 1 is 1.14 bits per heavy atom. The third-order valence-electron chi connectivity index (χ3n) is 4.02. The molecule has 0 bridgehead atoms. The molecule has 0 aliphatic carbocycles. The second-order valence-electron chi connectivity index (χ2n) is 6.17. The summed E-state index contributed by atoms with van der Waals surface area (Å²) in [4.78, 5) is 17.1. The molecule has 0 radical (unpaired) electrons.